The first-order valence-corrected chi connectivity index (χ1v) is 8.50. The number of nitrogens with zero attached hydrogens (tertiary/aromatic N) is 2. The molecule has 0 unspecified atom stereocenters. The number of nitrogens with one attached hydrogen (secondary N) is 4. The minimum atomic E-state index is -4.85. The van der Waals surface area contributed by atoms with Crippen molar-refractivity contribution in [2.24, 2.45) is 0 Å². The summed E-state index contributed by atoms with van der Waals surface area (Å²) in [4.78, 5) is 20.4. The van der Waals surface area contributed by atoms with Gasteiger partial charge in [-0.25, -0.2) is 9.78 Å². The number of amides is 2. The highest BCUT2D eigenvalue weighted by Crippen LogP contribution is 2.29. The van der Waals surface area contributed by atoms with Gasteiger partial charge in [-0.15, -0.1) is 13.2 Å². The summed E-state index contributed by atoms with van der Waals surface area (Å²) < 4.78 is 41.1. The highest BCUT2D eigenvalue weighted by molar-refractivity contribution is 5.90. The van der Waals surface area contributed by atoms with Gasteiger partial charge in [0.15, 0.2) is 5.75 Å². The maximum absolute atomic E-state index is 12.4. The van der Waals surface area contributed by atoms with Gasteiger partial charge in [0.05, 0.1) is 5.69 Å². The van der Waals surface area contributed by atoms with E-state index < -0.39 is 18.1 Å². The first kappa shape index (κ1) is 21.1. The lowest BCUT2D eigenvalue weighted by Gasteiger charge is -2.14. The molecule has 28 heavy (non-hydrogen) atoms. The molecule has 0 fully saturated rings. The number of carbonyl (C=O) groups is 1. The number of hydrogen-bond acceptors (Lipinski definition) is 6. The Morgan fingerprint density at radius 2 is 1.89 bits per heavy atom. The zero-order chi connectivity index (χ0) is 20.6. The van der Waals surface area contributed by atoms with Crippen LogP contribution in [0.2, 0.25) is 0 Å². The molecule has 0 aliphatic heterocycles. The van der Waals surface area contributed by atoms with E-state index in [2.05, 4.69) is 36.0 Å². The van der Waals surface area contributed by atoms with E-state index in [1.54, 1.807) is 6.07 Å². The maximum atomic E-state index is 12.4. The summed E-state index contributed by atoms with van der Waals surface area (Å²) in [6.07, 6.45) is -4.85. The van der Waals surface area contributed by atoms with Crippen molar-refractivity contribution >= 4 is 23.5 Å². The van der Waals surface area contributed by atoms with Crippen LogP contribution >= 0.6 is 0 Å². The average Bonchev–Trinajstić information content (AvgIpc) is 2.59. The summed E-state index contributed by atoms with van der Waals surface area (Å²) in [6.45, 7) is 5.02. The summed E-state index contributed by atoms with van der Waals surface area (Å²) >= 11 is 0. The van der Waals surface area contributed by atoms with Gasteiger partial charge in [-0.05, 0) is 26.0 Å². The monoisotopic (exact) mass is 398 g/mol. The van der Waals surface area contributed by atoms with E-state index in [1.165, 1.54) is 18.2 Å². The number of aryl methyl sites for hydroxylation is 1. The lowest BCUT2D eigenvalue weighted by atomic mass is 10.3. The van der Waals surface area contributed by atoms with Gasteiger partial charge in [-0.1, -0.05) is 12.1 Å². The minimum Gasteiger partial charge on any atom is -0.404 e. The van der Waals surface area contributed by atoms with Gasteiger partial charge < -0.3 is 26.0 Å². The molecule has 1 aromatic heterocycles. The summed E-state index contributed by atoms with van der Waals surface area (Å²) in [5.74, 6) is 0.599. The predicted molar refractivity (Wildman–Crippen MR) is 99.6 cm³/mol. The topological polar surface area (TPSA) is 100 Å². The molecule has 2 rings (SSSR count). The fraction of sp³-hybridized carbons (Fsp3) is 0.353. The molecule has 152 valence electrons. The van der Waals surface area contributed by atoms with Crippen LogP contribution in [-0.2, 0) is 0 Å². The molecule has 2 amide bonds. The van der Waals surface area contributed by atoms with Crippen LogP contribution in [0.25, 0.3) is 0 Å². The van der Waals surface area contributed by atoms with Crippen LogP contribution in [0.3, 0.4) is 0 Å². The van der Waals surface area contributed by atoms with Crippen molar-refractivity contribution in [1.82, 2.24) is 15.3 Å². The van der Waals surface area contributed by atoms with E-state index in [9.17, 15) is 18.0 Å². The first-order valence-electron chi connectivity index (χ1n) is 8.50. The Kier molecular flexibility index (Phi) is 7.24. The third-order valence-corrected chi connectivity index (χ3v) is 3.27. The SMILES string of the molecule is CCNc1nc(C)cc(NCCNC(=O)Nc2ccccc2OC(F)(F)F)n1. The summed E-state index contributed by atoms with van der Waals surface area (Å²) in [5, 5.41) is 10.9. The zero-order valence-electron chi connectivity index (χ0n) is 15.4. The number of para-hydroxylation sites is 2. The fourth-order valence-electron chi connectivity index (χ4n) is 2.21. The Labute approximate surface area is 159 Å². The summed E-state index contributed by atoms with van der Waals surface area (Å²) in [6, 6.07) is 6.38. The Hall–Kier alpha value is -3.24. The second-order valence-electron chi connectivity index (χ2n) is 5.60. The minimum absolute atomic E-state index is 0.0907. The molecule has 0 aliphatic carbocycles. The largest absolute Gasteiger partial charge is 0.573 e. The molecule has 0 spiro atoms. The van der Waals surface area contributed by atoms with Crippen molar-refractivity contribution < 1.29 is 22.7 Å². The van der Waals surface area contributed by atoms with Crippen molar-refractivity contribution in [2.75, 3.05) is 35.6 Å². The Morgan fingerprint density at radius 1 is 1.14 bits per heavy atom. The summed E-state index contributed by atoms with van der Waals surface area (Å²) in [5.41, 5.74) is 0.687. The van der Waals surface area contributed by atoms with E-state index in [-0.39, 0.29) is 12.2 Å². The van der Waals surface area contributed by atoms with Crippen molar-refractivity contribution in [1.29, 1.82) is 0 Å². The van der Waals surface area contributed by atoms with Gasteiger partial charge in [0.25, 0.3) is 0 Å². The van der Waals surface area contributed by atoms with Gasteiger partial charge in [0, 0.05) is 31.4 Å². The number of benzene rings is 1. The maximum Gasteiger partial charge on any atom is 0.573 e. The Balaban J connectivity index is 1.83. The van der Waals surface area contributed by atoms with Crippen molar-refractivity contribution in [3.05, 3.63) is 36.0 Å². The van der Waals surface area contributed by atoms with E-state index in [0.717, 1.165) is 11.8 Å². The number of halogens is 3. The number of rotatable bonds is 8. The molecule has 0 radical (unpaired) electrons. The lowest BCUT2D eigenvalue weighted by molar-refractivity contribution is -0.274. The molecule has 8 nitrogen and oxygen atoms in total. The second kappa shape index (κ2) is 9.62. The molecule has 0 saturated heterocycles. The number of ether oxygens (including phenoxy) is 1. The van der Waals surface area contributed by atoms with Crippen LogP contribution in [0.5, 0.6) is 5.75 Å². The van der Waals surface area contributed by atoms with Crippen LogP contribution in [-0.4, -0.2) is 42.0 Å². The normalized spacial score (nSPS) is 10.9. The van der Waals surface area contributed by atoms with Crippen LogP contribution in [0.15, 0.2) is 30.3 Å². The fourth-order valence-corrected chi connectivity index (χ4v) is 2.21. The molecule has 1 aromatic carbocycles. The first-order chi connectivity index (χ1) is 13.3. The average molecular weight is 398 g/mol. The highest BCUT2D eigenvalue weighted by atomic mass is 19.4. The Morgan fingerprint density at radius 3 is 2.61 bits per heavy atom. The Bertz CT molecular complexity index is 801. The van der Waals surface area contributed by atoms with Gasteiger partial charge in [0.2, 0.25) is 5.95 Å². The zero-order valence-corrected chi connectivity index (χ0v) is 15.4. The number of aromatic nitrogens is 2. The molecule has 0 bridgehead atoms. The van der Waals surface area contributed by atoms with Gasteiger partial charge in [-0.2, -0.15) is 4.98 Å². The van der Waals surface area contributed by atoms with Crippen molar-refractivity contribution in [3.8, 4) is 5.75 Å². The number of carbonyl (C=O) groups excluding carboxylic acids is 1. The van der Waals surface area contributed by atoms with Crippen LogP contribution in [0.4, 0.5) is 35.4 Å². The second-order valence-corrected chi connectivity index (χ2v) is 5.60. The van der Waals surface area contributed by atoms with Crippen molar-refractivity contribution in [3.63, 3.8) is 0 Å². The molecular weight excluding hydrogens is 377 g/mol. The van der Waals surface area contributed by atoms with Crippen LogP contribution in [0.1, 0.15) is 12.6 Å². The number of hydrogen-bond donors (Lipinski definition) is 4. The molecule has 0 atom stereocenters. The molecule has 0 saturated carbocycles. The molecule has 2 aromatic rings. The van der Waals surface area contributed by atoms with Gasteiger partial charge in [-0.3, -0.25) is 0 Å². The summed E-state index contributed by atoms with van der Waals surface area (Å²) in [7, 11) is 0. The van der Waals surface area contributed by atoms with Gasteiger partial charge >= 0.3 is 12.4 Å². The smallest absolute Gasteiger partial charge is 0.404 e. The van der Waals surface area contributed by atoms with E-state index in [1.807, 2.05) is 13.8 Å². The van der Waals surface area contributed by atoms with E-state index in [0.29, 0.717) is 24.9 Å². The number of anilines is 3. The molecule has 1 heterocycles. The number of urea groups is 1. The molecule has 4 N–H and O–H groups in total. The molecule has 11 heteroatoms. The standard InChI is InChI=1S/C17H21F3N6O2/c1-3-21-15-24-11(2)10-14(26-15)22-8-9-23-16(27)25-12-6-4-5-7-13(12)28-17(18,19)20/h4-7,10H,3,8-9H2,1-2H3,(H2,23,25,27)(H2,21,22,24,26). The van der Waals surface area contributed by atoms with Crippen LogP contribution in [0, 0.1) is 6.92 Å². The number of alkyl halides is 3. The van der Waals surface area contributed by atoms with Crippen molar-refractivity contribution in [2.45, 2.75) is 20.2 Å². The third kappa shape index (κ3) is 7.17. The quantitative estimate of drug-likeness (QED) is 0.509. The predicted octanol–water partition coefficient (Wildman–Crippen LogP) is 3.35. The molecular formula is C17H21F3N6O2. The highest BCUT2D eigenvalue weighted by Gasteiger charge is 2.32. The van der Waals surface area contributed by atoms with E-state index in [4.69, 9.17) is 0 Å². The van der Waals surface area contributed by atoms with Crippen LogP contribution < -0.4 is 26.0 Å². The van der Waals surface area contributed by atoms with Gasteiger partial charge in [0.1, 0.15) is 5.82 Å². The van der Waals surface area contributed by atoms with E-state index >= 15 is 0 Å². The lowest BCUT2D eigenvalue weighted by Crippen LogP contribution is -2.33. The third-order valence-electron chi connectivity index (χ3n) is 3.27. The molecule has 0 aliphatic rings.